The van der Waals surface area contributed by atoms with E-state index in [1.807, 2.05) is 31.2 Å². The highest BCUT2D eigenvalue weighted by Gasteiger charge is 2.12. The maximum Gasteiger partial charge on any atom is 0.257 e. The van der Waals surface area contributed by atoms with Gasteiger partial charge < -0.3 is 10.6 Å². The van der Waals surface area contributed by atoms with Gasteiger partial charge in [-0.15, -0.1) is 0 Å². The first-order chi connectivity index (χ1) is 9.60. The van der Waals surface area contributed by atoms with Gasteiger partial charge in [-0.3, -0.25) is 4.79 Å². The molecule has 0 aliphatic carbocycles. The fraction of sp³-hybridized carbons (Fsp3) is 0.143. The van der Waals surface area contributed by atoms with Gasteiger partial charge in [-0.2, -0.15) is 0 Å². The van der Waals surface area contributed by atoms with E-state index in [2.05, 4.69) is 31.5 Å². The molecule has 1 aromatic heterocycles. The molecule has 0 aliphatic heterocycles. The molecule has 6 heteroatoms. The molecule has 0 saturated heterocycles. The summed E-state index contributed by atoms with van der Waals surface area (Å²) in [6.07, 6.45) is 1.47. The second kappa shape index (κ2) is 6.72. The van der Waals surface area contributed by atoms with E-state index in [1.165, 1.54) is 6.20 Å². The van der Waals surface area contributed by atoms with Gasteiger partial charge >= 0.3 is 0 Å². The Morgan fingerprint density at radius 2 is 2.05 bits per heavy atom. The predicted octanol–water partition coefficient (Wildman–Crippen LogP) is 4.18. The van der Waals surface area contributed by atoms with E-state index >= 15 is 0 Å². The minimum atomic E-state index is -0.265. The topological polar surface area (TPSA) is 54.0 Å². The second-order valence-corrected chi connectivity index (χ2v) is 5.36. The van der Waals surface area contributed by atoms with E-state index in [0.29, 0.717) is 22.1 Å². The lowest BCUT2D eigenvalue weighted by Gasteiger charge is -2.09. The van der Waals surface area contributed by atoms with Gasteiger partial charge in [-0.05, 0) is 37.3 Å². The Hall–Kier alpha value is -1.59. The first-order valence-corrected chi connectivity index (χ1v) is 7.23. The number of carbonyl (C=O) groups is 1. The Labute approximate surface area is 130 Å². The Balaban J connectivity index is 2.19. The predicted molar refractivity (Wildman–Crippen MR) is 85.5 cm³/mol. The van der Waals surface area contributed by atoms with Gasteiger partial charge in [0.15, 0.2) is 0 Å². The van der Waals surface area contributed by atoms with Crippen LogP contribution in [-0.4, -0.2) is 17.4 Å². The molecule has 2 rings (SSSR count). The van der Waals surface area contributed by atoms with Crippen molar-refractivity contribution in [1.82, 2.24) is 4.98 Å². The fourth-order valence-corrected chi connectivity index (χ4v) is 2.08. The van der Waals surface area contributed by atoms with Gasteiger partial charge in [0.1, 0.15) is 5.82 Å². The molecule has 0 atom stereocenters. The molecule has 1 heterocycles. The molecule has 20 heavy (non-hydrogen) atoms. The number of anilines is 2. The van der Waals surface area contributed by atoms with Crippen molar-refractivity contribution in [1.29, 1.82) is 0 Å². The lowest BCUT2D eigenvalue weighted by atomic mass is 10.2. The van der Waals surface area contributed by atoms with E-state index in [0.717, 1.165) is 11.0 Å². The lowest BCUT2D eigenvalue weighted by Crippen LogP contribution is -2.13. The smallest absolute Gasteiger partial charge is 0.257 e. The van der Waals surface area contributed by atoms with Crippen LogP contribution in [0.25, 0.3) is 0 Å². The van der Waals surface area contributed by atoms with Crippen LogP contribution in [0.1, 0.15) is 17.3 Å². The highest BCUT2D eigenvalue weighted by atomic mass is 79.9. The SMILES string of the molecule is CCNc1cc(C(=O)Nc2ccc(Br)cc2)c(Cl)cn1. The third-order valence-electron chi connectivity index (χ3n) is 2.56. The summed E-state index contributed by atoms with van der Waals surface area (Å²) < 4.78 is 0.951. The van der Waals surface area contributed by atoms with Crippen LogP contribution in [0.3, 0.4) is 0 Å². The monoisotopic (exact) mass is 353 g/mol. The molecular weight excluding hydrogens is 342 g/mol. The molecule has 2 N–H and O–H groups in total. The summed E-state index contributed by atoms with van der Waals surface area (Å²) in [6.45, 7) is 2.68. The second-order valence-electron chi connectivity index (χ2n) is 4.04. The van der Waals surface area contributed by atoms with E-state index in [4.69, 9.17) is 11.6 Å². The summed E-state index contributed by atoms with van der Waals surface area (Å²) in [7, 11) is 0. The third kappa shape index (κ3) is 3.71. The molecule has 0 aliphatic rings. The van der Waals surface area contributed by atoms with Crippen LogP contribution in [0.5, 0.6) is 0 Å². The summed E-state index contributed by atoms with van der Waals surface area (Å²) >= 11 is 9.37. The number of amides is 1. The Kier molecular flexibility index (Phi) is 4.98. The highest BCUT2D eigenvalue weighted by molar-refractivity contribution is 9.10. The summed E-state index contributed by atoms with van der Waals surface area (Å²) in [5.41, 5.74) is 1.09. The van der Waals surface area contributed by atoms with E-state index < -0.39 is 0 Å². The van der Waals surface area contributed by atoms with Gasteiger partial charge in [0.2, 0.25) is 0 Å². The Bertz CT molecular complexity index is 616. The molecular formula is C14H13BrClN3O. The van der Waals surface area contributed by atoms with Crippen molar-refractivity contribution in [3.05, 3.63) is 51.6 Å². The van der Waals surface area contributed by atoms with Gasteiger partial charge in [-0.1, -0.05) is 27.5 Å². The van der Waals surface area contributed by atoms with E-state index in [1.54, 1.807) is 6.07 Å². The van der Waals surface area contributed by atoms with Crippen LogP contribution < -0.4 is 10.6 Å². The molecule has 0 radical (unpaired) electrons. The van der Waals surface area contributed by atoms with Crippen LogP contribution in [-0.2, 0) is 0 Å². The maximum absolute atomic E-state index is 12.2. The van der Waals surface area contributed by atoms with Crippen LogP contribution >= 0.6 is 27.5 Å². The van der Waals surface area contributed by atoms with Gasteiger partial charge in [-0.25, -0.2) is 4.98 Å². The normalized spacial score (nSPS) is 10.2. The van der Waals surface area contributed by atoms with Gasteiger partial charge in [0.05, 0.1) is 10.6 Å². The largest absolute Gasteiger partial charge is 0.370 e. The van der Waals surface area contributed by atoms with Crippen LogP contribution in [0.2, 0.25) is 5.02 Å². The summed E-state index contributed by atoms with van der Waals surface area (Å²) in [5, 5.41) is 6.16. The van der Waals surface area contributed by atoms with Crippen LogP contribution in [0.4, 0.5) is 11.5 Å². The Morgan fingerprint density at radius 3 is 2.70 bits per heavy atom. The number of pyridine rings is 1. The molecule has 2 aromatic rings. The van der Waals surface area contributed by atoms with Gasteiger partial charge in [0.25, 0.3) is 5.91 Å². The first-order valence-electron chi connectivity index (χ1n) is 6.06. The number of carbonyl (C=O) groups excluding carboxylic acids is 1. The van der Waals surface area contributed by atoms with Crippen molar-refractivity contribution in [3.8, 4) is 0 Å². The minimum absolute atomic E-state index is 0.265. The summed E-state index contributed by atoms with van der Waals surface area (Å²) in [6, 6.07) is 8.96. The summed E-state index contributed by atoms with van der Waals surface area (Å²) in [4.78, 5) is 16.3. The number of aromatic nitrogens is 1. The van der Waals surface area contributed by atoms with Crippen molar-refractivity contribution >= 4 is 44.9 Å². The number of nitrogens with one attached hydrogen (secondary N) is 2. The zero-order valence-electron chi connectivity index (χ0n) is 10.8. The average Bonchev–Trinajstić information content (AvgIpc) is 2.43. The fourth-order valence-electron chi connectivity index (χ4n) is 1.62. The quantitative estimate of drug-likeness (QED) is 0.866. The number of hydrogen-bond donors (Lipinski definition) is 2. The summed E-state index contributed by atoms with van der Waals surface area (Å²) in [5.74, 6) is 0.358. The van der Waals surface area contributed by atoms with Crippen molar-refractivity contribution < 1.29 is 4.79 Å². The molecule has 0 fully saturated rings. The minimum Gasteiger partial charge on any atom is -0.370 e. The zero-order chi connectivity index (χ0) is 14.5. The van der Waals surface area contributed by atoms with Crippen molar-refractivity contribution in [2.24, 2.45) is 0 Å². The number of rotatable bonds is 4. The lowest BCUT2D eigenvalue weighted by molar-refractivity contribution is 0.102. The third-order valence-corrected chi connectivity index (χ3v) is 3.39. The zero-order valence-corrected chi connectivity index (χ0v) is 13.1. The standard InChI is InChI=1S/C14H13BrClN3O/c1-2-17-13-7-11(12(16)8-18-13)14(20)19-10-5-3-9(15)4-6-10/h3-8H,2H2,1H3,(H,17,18)(H,19,20). The van der Waals surface area contributed by atoms with Crippen molar-refractivity contribution in [2.45, 2.75) is 6.92 Å². The number of hydrogen-bond acceptors (Lipinski definition) is 3. The van der Waals surface area contributed by atoms with Crippen LogP contribution in [0, 0.1) is 0 Å². The molecule has 104 valence electrons. The molecule has 1 amide bonds. The molecule has 0 saturated carbocycles. The highest BCUT2D eigenvalue weighted by Crippen LogP contribution is 2.20. The number of halogens is 2. The molecule has 0 spiro atoms. The first kappa shape index (κ1) is 14.8. The van der Waals surface area contributed by atoms with E-state index in [-0.39, 0.29) is 5.91 Å². The Morgan fingerprint density at radius 1 is 1.35 bits per heavy atom. The number of benzene rings is 1. The van der Waals surface area contributed by atoms with Crippen molar-refractivity contribution in [2.75, 3.05) is 17.2 Å². The molecule has 1 aromatic carbocycles. The van der Waals surface area contributed by atoms with E-state index in [9.17, 15) is 4.79 Å². The molecule has 0 bridgehead atoms. The van der Waals surface area contributed by atoms with Gasteiger partial charge in [0, 0.05) is 22.9 Å². The number of nitrogens with zero attached hydrogens (tertiary/aromatic N) is 1. The average molecular weight is 355 g/mol. The maximum atomic E-state index is 12.2. The van der Waals surface area contributed by atoms with Crippen molar-refractivity contribution in [3.63, 3.8) is 0 Å². The molecule has 0 unspecified atom stereocenters. The van der Waals surface area contributed by atoms with Crippen LogP contribution in [0.15, 0.2) is 41.0 Å². The molecule has 4 nitrogen and oxygen atoms in total.